The van der Waals surface area contributed by atoms with Crippen molar-refractivity contribution in [3.63, 3.8) is 0 Å². The Morgan fingerprint density at radius 3 is 2.50 bits per heavy atom. The van der Waals surface area contributed by atoms with Gasteiger partial charge in [0.25, 0.3) is 0 Å². The minimum absolute atomic E-state index is 0.315. The van der Waals surface area contributed by atoms with Gasteiger partial charge >= 0.3 is 5.97 Å². The number of carboxylic acid groups (broad SMARTS) is 1. The van der Waals surface area contributed by atoms with E-state index in [0.29, 0.717) is 23.4 Å². The Bertz CT molecular complexity index is 770. The third kappa shape index (κ3) is 3.38. The number of benzene rings is 1. The molecule has 4 nitrogen and oxygen atoms in total. The van der Waals surface area contributed by atoms with Crippen molar-refractivity contribution in [2.45, 2.75) is 12.8 Å². The number of hydrogen-bond acceptors (Lipinski definition) is 4. The summed E-state index contributed by atoms with van der Waals surface area (Å²) < 4.78 is 0. The van der Waals surface area contributed by atoms with E-state index in [4.69, 9.17) is 0 Å². The van der Waals surface area contributed by atoms with Gasteiger partial charge in [0, 0.05) is 24.7 Å². The van der Waals surface area contributed by atoms with E-state index in [9.17, 15) is 9.90 Å². The van der Waals surface area contributed by atoms with Crippen LogP contribution in [-0.4, -0.2) is 21.0 Å². The van der Waals surface area contributed by atoms with Gasteiger partial charge in [0.05, 0.1) is 10.7 Å². The van der Waals surface area contributed by atoms with E-state index in [1.54, 1.807) is 6.20 Å². The molecule has 0 atom stereocenters. The van der Waals surface area contributed by atoms with Crippen LogP contribution in [0.25, 0.3) is 0 Å². The fraction of sp³-hybridized carbons (Fsp3) is 0.118. The van der Waals surface area contributed by atoms with Crippen molar-refractivity contribution in [1.82, 2.24) is 9.97 Å². The van der Waals surface area contributed by atoms with E-state index in [-0.39, 0.29) is 0 Å². The molecule has 0 saturated heterocycles. The molecule has 0 radical (unpaired) electrons. The van der Waals surface area contributed by atoms with Gasteiger partial charge in [-0.1, -0.05) is 36.4 Å². The number of thiazole rings is 1. The van der Waals surface area contributed by atoms with Crippen molar-refractivity contribution < 1.29 is 9.90 Å². The predicted molar refractivity (Wildman–Crippen MR) is 85.4 cm³/mol. The summed E-state index contributed by atoms with van der Waals surface area (Å²) in [6.07, 6.45) is 2.81. The molecule has 0 spiro atoms. The van der Waals surface area contributed by atoms with E-state index < -0.39 is 5.97 Å². The van der Waals surface area contributed by atoms with Gasteiger partial charge in [0.15, 0.2) is 0 Å². The van der Waals surface area contributed by atoms with Gasteiger partial charge in [0.2, 0.25) is 0 Å². The van der Waals surface area contributed by atoms with Crippen LogP contribution in [0.1, 0.15) is 31.6 Å². The van der Waals surface area contributed by atoms with Gasteiger partial charge in [-0.15, -0.1) is 11.3 Å². The molecule has 0 bridgehead atoms. The lowest BCUT2D eigenvalue weighted by atomic mass is 10.1. The summed E-state index contributed by atoms with van der Waals surface area (Å²) >= 11 is 1.23. The van der Waals surface area contributed by atoms with E-state index in [1.165, 1.54) is 11.3 Å². The molecule has 3 aromatic rings. The fourth-order valence-corrected chi connectivity index (χ4v) is 3.14. The van der Waals surface area contributed by atoms with E-state index in [1.807, 2.05) is 48.5 Å². The van der Waals surface area contributed by atoms with E-state index >= 15 is 0 Å². The SMILES string of the molecule is O=C(O)c1sc(Cc2ccccn2)nc1Cc1ccccc1. The van der Waals surface area contributed by atoms with Crippen LogP contribution in [0.2, 0.25) is 0 Å². The number of rotatable bonds is 5. The van der Waals surface area contributed by atoms with Crippen molar-refractivity contribution >= 4 is 17.3 Å². The highest BCUT2D eigenvalue weighted by Crippen LogP contribution is 2.23. The monoisotopic (exact) mass is 310 g/mol. The largest absolute Gasteiger partial charge is 0.477 e. The third-order valence-corrected chi connectivity index (χ3v) is 4.29. The lowest BCUT2D eigenvalue weighted by Crippen LogP contribution is -2.00. The minimum Gasteiger partial charge on any atom is -0.477 e. The molecule has 22 heavy (non-hydrogen) atoms. The Morgan fingerprint density at radius 1 is 1.05 bits per heavy atom. The second-order valence-corrected chi connectivity index (χ2v) is 5.93. The van der Waals surface area contributed by atoms with Crippen LogP contribution in [-0.2, 0) is 12.8 Å². The summed E-state index contributed by atoms with van der Waals surface area (Å²) in [6.45, 7) is 0. The molecule has 0 aliphatic heterocycles. The molecule has 0 aliphatic carbocycles. The van der Waals surface area contributed by atoms with Gasteiger partial charge in [-0.05, 0) is 17.7 Å². The van der Waals surface area contributed by atoms with Crippen molar-refractivity contribution in [2.24, 2.45) is 0 Å². The highest BCUT2D eigenvalue weighted by Gasteiger charge is 2.17. The first-order valence-corrected chi connectivity index (χ1v) is 7.70. The quantitative estimate of drug-likeness (QED) is 0.784. The number of aromatic carboxylic acids is 1. The highest BCUT2D eigenvalue weighted by molar-refractivity contribution is 7.13. The molecule has 3 rings (SSSR count). The molecule has 0 saturated carbocycles. The Morgan fingerprint density at radius 2 is 1.82 bits per heavy atom. The zero-order chi connectivity index (χ0) is 15.4. The first-order chi connectivity index (χ1) is 10.7. The lowest BCUT2D eigenvalue weighted by molar-refractivity contribution is 0.0701. The summed E-state index contributed by atoms with van der Waals surface area (Å²) in [5.41, 5.74) is 2.56. The van der Waals surface area contributed by atoms with Crippen molar-refractivity contribution in [3.05, 3.63) is 81.6 Å². The van der Waals surface area contributed by atoms with Gasteiger partial charge < -0.3 is 5.11 Å². The summed E-state index contributed by atoms with van der Waals surface area (Å²) in [5.74, 6) is -0.921. The van der Waals surface area contributed by atoms with Crippen molar-refractivity contribution in [3.8, 4) is 0 Å². The summed E-state index contributed by atoms with van der Waals surface area (Å²) in [7, 11) is 0. The van der Waals surface area contributed by atoms with E-state index in [2.05, 4.69) is 9.97 Å². The second kappa shape index (κ2) is 6.49. The topological polar surface area (TPSA) is 63.1 Å². The van der Waals surface area contributed by atoms with Gasteiger partial charge in [-0.25, -0.2) is 9.78 Å². The fourth-order valence-electron chi connectivity index (χ4n) is 2.21. The lowest BCUT2D eigenvalue weighted by Gasteiger charge is -1.99. The molecular weight excluding hydrogens is 296 g/mol. The number of carboxylic acids is 1. The van der Waals surface area contributed by atoms with Crippen molar-refractivity contribution in [2.75, 3.05) is 0 Å². The van der Waals surface area contributed by atoms with Crippen LogP contribution >= 0.6 is 11.3 Å². The molecule has 0 aliphatic rings. The second-order valence-electron chi connectivity index (χ2n) is 4.85. The molecule has 110 valence electrons. The minimum atomic E-state index is -0.921. The smallest absolute Gasteiger partial charge is 0.347 e. The number of aromatic nitrogens is 2. The molecule has 0 unspecified atom stereocenters. The number of carbonyl (C=O) groups is 1. The first kappa shape index (κ1) is 14.4. The Kier molecular flexibility index (Phi) is 4.25. The summed E-state index contributed by atoms with van der Waals surface area (Å²) in [4.78, 5) is 20.5. The maximum Gasteiger partial charge on any atom is 0.347 e. The average Bonchev–Trinajstić information content (AvgIpc) is 2.92. The molecule has 1 aromatic carbocycles. The Hall–Kier alpha value is -2.53. The van der Waals surface area contributed by atoms with Crippen LogP contribution in [0.4, 0.5) is 0 Å². The molecule has 0 amide bonds. The number of hydrogen-bond donors (Lipinski definition) is 1. The molecular formula is C17H14N2O2S. The third-order valence-electron chi connectivity index (χ3n) is 3.21. The number of pyridine rings is 1. The number of nitrogens with zero attached hydrogens (tertiary/aromatic N) is 2. The van der Waals surface area contributed by atoms with Gasteiger partial charge in [0.1, 0.15) is 4.88 Å². The van der Waals surface area contributed by atoms with Crippen LogP contribution < -0.4 is 0 Å². The summed E-state index contributed by atoms with van der Waals surface area (Å²) in [6, 6.07) is 15.5. The highest BCUT2D eigenvalue weighted by atomic mass is 32.1. The molecule has 5 heteroatoms. The van der Waals surface area contributed by atoms with Gasteiger partial charge in [-0.2, -0.15) is 0 Å². The molecule has 0 fully saturated rings. The van der Waals surface area contributed by atoms with Crippen LogP contribution in [0.5, 0.6) is 0 Å². The average molecular weight is 310 g/mol. The Balaban J connectivity index is 1.87. The molecule has 1 N–H and O–H groups in total. The van der Waals surface area contributed by atoms with Crippen LogP contribution in [0.15, 0.2) is 54.7 Å². The normalized spacial score (nSPS) is 10.5. The maximum atomic E-state index is 11.4. The zero-order valence-corrected chi connectivity index (χ0v) is 12.6. The van der Waals surface area contributed by atoms with Crippen LogP contribution in [0.3, 0.4) is 0 Å². The van der Waals surface area contributed by atoms with Gasteiger partial charge in [-0.3, -0.25) is 4.98 Å². The zero-order valence-electron chi connectivity index (χ0n) is 11.8. The standard InChI is InChI=1S/C17H14N2O2S/c20-17(21)16-14(10-12-6-2-1-3-7-12)19-15(22-16)11-13-8-4-5-9-18-13/h1-9H,10-11H2,(H,20,21). The van der Waals surface area contributed by atoms with E-state index in [0.717, 1.165) is 16.3 Å². The predicted octanol–water partition coefficient (Wildman–Crippen LogP) is 3.42. The molecule has 2 aromatic heterocycles. The maximum absolute atomic E-state index is 11.4. The Labute approximate surface area is 132 Å². The summed E-state index contributed by atoms with van der Waals surface area (Å²) in [5, 5.41) is 10.2. The first-order valence-electron chi connectivity index (χ1n) is 6.88. The van der Waals surface area contributed by atoms with Crippen molar-refractivity contribution in [1.29, 1.82) is 0 Å². The van der Waals surface area contributed by atoms with Crippen LogP contribution in [0, 0.1) is 0 Å². The molecule has 2 heterocycles.